The van der Waals surface area contributed by atoms with Gasteiger partial charge in [-0.15, -0.1) is 0 Å². The van der Waals surface area contributed by atoms with E-state index >= 15 is 0 Å². The predicted octanol–water partition coefficient (Wildman–Crippen LogP) is 4.04. The van der Waals surface area contributed by atoms with Gasteiger partial charge in [0, 0.05) is 30.8 Å². The lowest BCUT2D eigenvalue weighted by Crippen LogP contribution is -2.24. The van der Waals surface area contributed by atoms with Crippen molar-refractivity contribution in [2.75, 3.05) is 23.9 Å². The molecule has 0 atom stereocenters. The number of hydrogen-bond acceptors (Lipinski definition) is 5. The van der Waals surface area contributed by atoms with Crippen LogP contribution >= 0.6 is 11.6 Å². The highest BCUT2D eigenvalue weighted by molar-refractivity contribution is 6.32. The number of carbonyl (C=O) groups is 2. The van der Waals surface area contributed by atoms with Gasteiger partial charge in [0.25, 0.3) is 5.69 Å². The number of benzene rings is 2. The minimum atomic E-state index is -0.585. The lowest BCUT2D eigenvalue weighted by molar-refractivity contribution is -0.384. The second kappa shape index (κ2) is 8.74. The molecule has 1 aliphatic heterocycles. The Hall–Kier alpha value is -3.39. The summed E-state index contributed by atoms with van der Waals surface area (Å²) in [6, 6.07) is 9.30. The largest absolute Gasteiger partial charge is 0.495 e. The summed E-state index contributed by atoms with van der Waals surface area (Å²) < 4.78 is 5.33. The Morgan fingerprint density at radius 1 is 1.31 bits per heavy atom. The van der Waals surface area contributed by atoms with Crippen LogP contribution in [0.15, 0.2) is 42.5 Å². The zero-order chi connectivity index (χ0) is 21.0. The molecule has 0 aliphatic carbocycles. The van der Waals surface area contributed by atoms with Gasteiger partial charge in [0.1, 0.15) is 10.8 Å². The van der Waals surface area contributed by atoms with Crippen molar-refractivity contribution in [3.63, 3.8) is 0 Å². The Bertz CT molecular complexity index is 1010. The number of carbonyl (C=O) groups excluding carboxylic acids is 2. The van der Waals surface area contributed by atoms with Crippen LogP contribution in [0.3, 0.4) is 0 Å². The first kappa shape index (κ1) is 20.3. The van der Waals surface area contributed by atoms with E-state index in [1.165, 1.54) is 31.4 Å². The van der Waals surface area contributed by atoms with Crippen LogP contribution in [-0.4, -0.2) is 30.4 Å². The van der Waals surface area contributed by atoms with Gasteiger partial charge in [0.05, 0.1) is 17.7 Å². The molecule has 1 saturated heterocycles. The minimum absolute atomic E-state index is 0.0102. The van der Waals surface area contributed by atoms with Gasteiger partial charge in [0.2, 0.25) is 11.8 Å². The maximum atomic E-state index is 12.3. The van der Waals surface area contributed by atoms with Crippen molar-refractivity contribution in [3.8, 4) is 5.75 Å². The molecule has 0 saturated carbocycles. The summed E-state index contributed by atoms with van der Waals surface area (Å²) >= 11 is 5.78. The SMILES string of the molecule is COc1ccc(NC(=O)/C=C/c2ccc(Cl)c([N+](=O)[O-])c2)cc1N1CCCC1=O. The van der Waals surface area contributed by atoms with E-state index in [2.05, 4.69) is 5.32 Å². The van der Waals surface area contributed by atoms with Gasteiger partial charge >= 0.3 is 0 Å². The minimum Gasteiger partial charge on any atom is -0.495 e. The molecule has 2 aromatic carbocycles. The van der Waals surface area contributed by atoms with E-state index in [4.69, 9.17) is 16.3 Å². The molecule has 0 spiro atoms. The number of nitrogens with one attached hydrogen (secondary N) is 1. The van der Waals surface area contributed by atoms with E-state index in [0.717, 1.165) is 6.42 Å². The number of nitro groups is 1. The number of amides is 2. The monoisotopic (exact) mass is 415 g/mol. The highest BCUT2D eigenvalue weighted by Gasteiger charge is 2.24. The van der Waals surface area contributed by atoms with Crippen molar-refractivity contribution in [2.45, 2.75) is 12.8 Å². The van der Waals surface area contributed by atoms with Crippen LogP contribution in [0, 0.1) is 10.1 Å². The number of ether oxygens (including phenoxy) is 1. The molecule has 1 fully saturated rings. The normalized spacial score (nSPS) is 13.7. The van der Waals surface area contributed by atoms with Gasteiger partial charge in [-0.05, 0) is 42.3 Å². The van der Waals surface area contributed by atoms with Crippen molar-refractivity contribution in [1.82, 2.24) is 0 Å². The van der Waals surface area contributed by atoms with Crippen LogP contribution in [-0.2, 0) is 9.59 Å². The molecule has 1 aliphatic rings. The maximum absolute atomic E-state index is 12.3. The third kappa shape index (κ3) is 4.72. The summed E-state index contributed by atoms with van der Waals surface area (Å²) in [7, 11) is 1.52. The van der Waals surface area contributed by atoms with E-state index in [1.54, 1.807) is 29.2 Å². The van der Waals surface area contributed by atoms with E-state index in [1.807, 2.05) is 0 Å². The molecule has 0 aromatic heterocycles. The van der Waals surface area contributed by atoms with Crippen LogP contribution in [0.25, 0.3) is 6.08 Å². The molecule has 150 valence electrons. The third-order valence-electron chi connectivity index (χ3n) is 4.40. The van der Waals surface area contributed by atoms with Crippen LogP contribution in [0.2, 0.25) is 5.02 Å². The van der Waals surface area contributed by atoms with E-state index in [9.17, 15) is 19.7 Å². The topological polar surface area (TPSA) is 102 Å². The van der Waals surface area contributed by atoms with Crippen molar-refractivity contribution in [2.24, 2.45) is 0 Å². The molecule has 9 heteroatoms. The van der Waals surface area contributed by atoms with E-state index in [0.29, 0.717) is 35.7 Å². The van der Waals surface area contributed by atoms with Crippen LogP contribution in [0.5, 0.6) is 5.75 Å². The fraction of sp³-hybridized carbons (Fsp3) is 0.200. The zero-order valence-electron chi connectivity index (χ0n) is 15.6. The molecule has 1 N–H and O–H groups in total. The quantitative estimate of drug-likeness (QED) is 0.436. The van der Waals surface area contributed by atoms with Crippen molar-refractivity contribution in [1.29, 1.82) is 0 Å². The van der Waals surface area contributed by atoms with Gasteiger partial charge < -0.3 is 15.0 Å². The second-order valence-electron chi connectivity index (χ2n) is 6.33. The number of methoxy groups -OCH3 is 1. The van der Waals surface area contributed by atoms with Crippen molar-refractivity contribution in [3.05, 3.63) is 63.2 Å². The summed E-state index contributed by atoms with van der Waals surface area (Å²) in [6.45, 7) is 0.599. The number of rotatable bonds is 6. The number of halogens is 1. The molecule has 3 rings (SSSR count). The van der Waals surface area contributed by atoms with Crippen molar-refractivity contribution < 1.29 is 19.2 Å². The second-order valence-corrected chi connectivity index (χ2v) is 6.73. The Kier molecular flexibility index (Phi) is 6.13. The molecule has 0 unspecified atom stereocenters. The molecule has 29 heavy (non-hydrogen) atoms. The number of nitrogens with zero attached hydrogens (tertiary/aromatic N) is 2. The maximum Gasteiger partial charge on any atom is 0.288 e. The van der Waals surface area contributed by atoms with Gasteiger partial charge in [-0.2, -0.15) is 0 Å². The first-order valence-corrected chi connectivity index (χ1v) is 9.18. The van der Waals surface area contributed by atoms with Gasteiger partial charge in [-0.25, -0.2) is 0 Å². The summed E-state index contributed by atoms with van der Waals surface area (Å²) in [5.74, 6) is 0.129. The fourth-order valence-corrected chi connectivity index (χ4v) is 3.20. The molecular formula is C20H18ClN3O5. The average molecular weight is 416 g/mol. The molecular weight excluding hydrogens is 398 g/mol. The number of anilines is 2. The highest BCUT2D eigenvalue weighted by Crippen LogP contribution is 2.34. The lowest BCUT2D eigenvalue weighted by atomic mass is 10.2. The highest BCUT2D eigenvalue weighted by atomic mass is 35.5. The molecule has 0 bridgehead atoms. The Morgan fingerprint density at radius 2 is 2.10 bits per heavy atom. The summed E-state index contributed by atoms with van der Waals surface area (Å²) in [4.78, 5) is 36.3. The Balaban J connectivity index is 1.75. The standard InChI is InChI=1S/C20H18ClN3O5/c1-29-18-8-6-14(12-17(18)23-10-2-3-20(23)26)22-19(25)9-5-13-4-7-15(21)16(11-13)24(27)28/h4-9,11-12H,2-3,10H2,1H3,(H,22,25)/b9-5+. The van der Waals surface area contributed by atoms with Crippen LogP contribution < -0.4 is 15.0 Å². The summed E-state index contributed by atoms with van der Waals surface area (Å²) in [6.07, 6.45) is 3.97. The molecule has 2 aromatic rings. The predicted molar refractivity (Wildman–Crippen MR) is 110 cm³/mol. The number of hydrogen-bond donors (Lipinski definition) is 1. The molecule has 8 nitrogen and oxygen atoms in total. The van der Waals surface area contributed by atoms with E-state index < -0.39 is 10.8 Å². The van der Waals surface area contributed by atoms with Gasteiger partial charge in [-0.3, -0.25) is 19.7 Å². The Morgan fingerprint density at radius 3 is 2.76 bits per heavy atom. The first-order chi connectivity index (χ1) is 13.9. The van der Waals surface area contributed by atoms with Gasteiger partial charge in [-0.1, -0.05) is 17.7 Å². The fourth-order valence-electron chi connectivity index (χ4n) is 3.01. The summed E-state index contributed by atoms with van der Waals surface area (Å²) in [5.41, 5.74) is 1.33. The molecule has 2 amide bonds. The Labute approximate surface area is 171 Å². The smallest absolute Gasteiger partial charge is 0.288 e. The zero-order valence-corrected chi connectivity index (χ0v) is 16.3. The lowest BCUT2D eigenvalue weighted by Gasteiger charge is -2.20. The summed E-state index contributed by atoms with van der Waals surface area (Å²) in [5, 5.41) is 13.7. The van der Waals surface area contributed by atoms with Gasteiger partial charge in [0.15, 0.2) is 0 Å². The van der Waals surface area contributed by atoms with Crippen LogP contribution in [0.4, 0.5) is 17.1 Å². The first-order valence-electron chi connectivity index (χ1n) is 8.80. The molecule has 0 radical (unpaired) electrons. The van der Waals surface area contributed by atoms with Crippen molar-refractivity contribution >= 4 is 46.6 Å². The van der Waals surface area contributed by atoms with E-state index in [-0.39, 0.29) is 16.6 Å². The third-order valence-corrected chi connectivity index (χ3v) is 4.72. The average Bonchev–Trinajstić information content (AvgIpc) is 3.12. The number of nitro benzene ring substituents is 1. The van der Waals surface area contributed by atoms with Crippen LogP contribution in [0.1, 0.15) is 18.4 Å². The molecule has 1 heterocycles.